The molecule has 1 amide bonds. The SMILES string of the molecule is CC(C)(C)c1ccc(OCc2ccc(C(=O)Nc3ccon3)cc2)cc1. The van der Waals surface area contributed by atoms with E-state index >= 15 is 0 Å². The van der Waals surface area contributed by atoms with Gasteiger partial charge in [-0.3, -0.25) is 4.79 Å². The Kier molecular flexibility index (Phi) is 5.07. The molecule has 5 heteroatoms. The van der Waals surface area contributed by atoms with E-state index in [0.717, 1.165) is 11.3 Å². The minimum atomic E-state index is -0.232. The summed E-state index contributed by atoms with van der Waals surface area (Å²) in [7, 11) is 0. The van der Waals surface area contributed by atoms with Gasteiger partial charge in [-0.15, -0.1) is 0 Å². The van der Waals surface area contributed by atoms with Gasteiger partial charge in [0.25, 0.3) is 5.91 Å². The van der Waals surface area contributed by atoms with Crippen LogP contribution in [0.25, 0.3) is 0 Å². The van der Waals surface area contributed by atoms with Gasteiger partial charge in [-0.1, -0.05) is 50.2 Å². The number of rotatable bonds is 5. The molecule has 1 heterocycles. The van der Waals surface area contributed by atoms with Crippen molar-refractivity contribution in [1.29, 1.82) is 0 Å². The summed E-state index contributed by atoms with van der Waals surface area (Å²) >= 11 is 0. The molecule has 3 rings (SSSR count). The van der Waals surface area contributed by atoms with Crippen LogP contribution in [0, 0.1) is 0 Å². The lowest BCUT2D eigenvalue weighted by atomic mass is 9.87. The number of benzene rings is 2. The van der Waals surface area contributed by atoms with Crippen molar-refractivity contribution in [3.8, 4) is 5.75 Å². The lowest BCUT2D eigenvalue weighted by molar-refractivity contribution is 0.102. The lowest BCUT2D eigenvalue weighted by Crippen LogP contribution is -2.12. The van der Waals surface area contributed by atoms with Gasteiger partial charge in [0.05, 0.1) is 0 Å². The molecule has 3 aromatic rings. The van der Waals surface area contributed by atoms with Crippen LogP contribution < -0.4 is 10.1 Å². The minimum absolute atomic E-state index is 0.126. The average Bonchev–Trinajstić information content (AvgIpc) is 3.13. The highest BCUT2D eigenvalue weighted by atomic mass is 16.5. The van der Waals surface area contributed by atoms with Crippen molar-refractivity contribution < 1.29 is 14.1 Å². The third kappa shape index (κ3) is 4.51. The van der Waals surface area contributed by atoms with Crippen LogP contribution in [0.15, 0.2) is 65.4 Å². The molecule has 5 nitrogen and oxygen atoms in total. The summed E-state index contributed by atoms with van der Waals surface area (Å²) in [6.07, 6.45) is 1.41. The fraction of sp³-hybridized carbons (Fsp3) is 0.238. The third-order valence-electron chi connectivity index (χ3n) is 4.02. The summed E-state index contributed by atoms with van der Waals surface area (Å²) in [6.45, 7) is 7.00. The molecule has 1 aromatic heterocycles. The summed E-state index contributed by atoms with van der Waals surface area (Å²) in [4.78, 5) is 12.1. The van der Waals surface area contributed by atoms with E-state index in [2.05, 4.69) is 47.9 Å². The number of amides is 1. The molecule has 0 atom stereocenters. The van der Waals surface area contributed by atoms with Crippen molar-refractivity contribution in [2.45, 2.75) is 32.8 Å². The third-order valence-corrected chi connectivity index (χ3v) is 4.02. The Morgan fingerprint density at radius 3 is 2.31 bits per heavy atom. The summed E-state index contributed by atoms with van der Waals surface area (Å²) in [5, 5.41) is 6.31. The van der Waals surface area contributed by atoms with Gasteiger partial charge in [-0.2, -0.15) is 0 Å². The average molecular weight is 350 g/mol. The molecule has 0 radical (unpaired) electrons. The number of carbonyl (C=O) groups excluding carboxylic acids is 1. The number of hydrogen-bond donors (Lipinski definition) is 1. The van der Waals surface area contributed by atoms with Crippen LogP contribution >= 0.6 is 0 Å². The molecule has 0 saturated carbocycles. The van der Waals surface area contributed by atoms with Crippen molar-refractivity contribution in [3.63, 3.8) is 0 Å². The minimum Gasteiger partial charge on any atom is -0.489 e. The van der Waals surface area contributed by atoms with Crippen LogP contribution in [0.2, 0.25) is 0 Å². The number of hydrogen-bond acceptors (Lipinski definition) is 4. The zero-order valence-corrected chi connectivity index (χ0v) is 15.2. The molecule has 0 fully saturated rings. The molecule has 0 unspecified atom stereocenters. The fourth-order valence-electron chi connectivity index (χ4n) is 2.44. The lowest BCUT2D eigenvalue weighted by Gasteiger charge is -2.19. The second-order valence-corrected chi connectivity index (χ2v) is 7.10. The van der Waals surface area contributed by atoms with Crippen LogP contribution in [0.5, 0.6) is 5.75 Å². The second-order valence-electron chi connectivity index (χ2n) is 7.10. The molecule has 26 heavy (non-hydrogen) atoms. The van der Waals surface area contributed by atoms with Gasteiger partial charge in [0.2, 0.25) is 0 Å². The van der Waals surface area contributed by atoms with Crippen LogP contribution in [-0.2, 0) is 12.0 Å². The van der Waals surface area contributed by atoms with Crippen LogP contribution in [0.4, 0.5) is 5.82 Å². The Morgan fingerprint density at radius 1 is 1.04 bits per heavy atom. The molecular weight excluding hydrogens is 328 g/mol. The highest BCUT2D eigenvalue weighted by Crippen LogP contribution is 2.24. The van der Waals surface area contributed by atoms with E-state index in [9.17, 15) is 4.79 Å². The van der Waals surface area contributed by atoms with E-state index in [4.69, 9.17) is 4.74 Å². The summed E-state index contributed by atoms with van der Waals surface area (Å²) in [5.41, 5.74) is 2.93. The van der Waals surface area contributed by atoms with Crippen molar-refractivity contribution >= 4 is 11.7 Å². The topological polar surface area (TPSA) is 64.4 Å². The van der Waals surface area contributed by atoms with Crippen molar-refractivity contribution in [2.24, 2.45) is 0 Å². The summed E-state index contributed by atoms with van der Waals surface area (Å²) < 4.78 is 10.5. The number of aromatic nitrogens is 1. The van der Waals surface area contributed by atoms with Gasteiger partial charge in [0.1, 0.15) is 18.6 Å². The number of anilines is 1. The first-order chi connectivity index (χ1) is 12.4. The Morgan fingerprint density at radius 2 is 1.73 bits per heavy atom. The zero-order chi connectivity index (χ0) is 18.6. The van der Waals surface area contributed by atoms with Gasteiger partial charge in [0, 0.05) is 11.6 Å². The normalized spacial score (nSPS) is 11.2. The molecule has 2 aromatic carbocycles. The molecule has 0 saturated heterocycles. The molecule has 0 aliphatic heterocycles. The Balaban J connectivity index is 1.56. The molecule has 1 N–H and O–H groups in total. The summed E-state index contributed by atoms with van der Waals surface area (Å²) in [6, 6.07) is 17.0. The van der Waals surface area contributed by atoms with E-state index < -0.39 is 0 Å². The Hall–Kier alpha value is -3.08. The van der Waals surface area contributed by atoms with Gasteiger partial charge in [-0.25, -0.2) is 0 Å². The van der Waals surface area contributed by atoms with E-state index in [1.807, 2.05) is 24.3 Å². The number of nitrogens with one attached hydrogen (secondary N) is 1. The second kappa shape index (κ2) is 7.44. The number of carbonyl (C=O) groups is 1. The summed E-state index contributed by atoms with van der Waals surface area (Å²) in [5.74, 6) is 0.983. The maximum Gasteiger partial charge on any atom is 0.256 e. The van der Waals surface area contributed by atoms with E-state index in [-0.39, 0.29) is 11.3 Å². The maximum absolute atomic E-state index is 12.1. The zero-order valence-electron chi connectivity index (χ0n) is 15.2. The first kappa shape index (κ1) is 17.7. The monoisotopic (exact) mass is 350 g/mol. The quantitative estimate of drug-likeness (QED) is 0.717. The molecule has 0 aliphatic rings. The predicted molar refractivity (Wildman–Crippen MR) is 100 cm³/mol. The highest BCUT2D eigenvalue weighted by Gasteiger charge is 2.13. The smallest absolute Gasteiger partial charge is 0.256 e. The van der Waals surface area contributed by atoms with Crippen molar-refractivity contribution in [2.75, 3.05) is 5.32 Å². The van der Waals surface area contributed by atoms with Gasteiger partial charge >= 0.3 is 0 Å². The molecule has 134 valence electrons. The Labute approximate surface area is 153 Å². The number of nitrogens with zero attached hydrogens (tertiary/aromatic N) is 1. The van der Waals surface area contributed by atoms with Crippen LogP contribution in [0.3, 0.4) is 0 Å². The highest BCUT2D eigenvalue weighted by molar-refractivity contribution is 6.03. The van der Waals surface area contributed by atoms with E-state index in [1.165, 1.54) is 11.8 Å². The van der Waals surface area contributed by atoms with Crippen LogP contribution in [0.1, 0.15) is 42.3 Å². The maximum atomic E-state index is 12.1. The fourth-order valence-corrected chi connectivity index (χ4v) is 2.44. The van der Waals surface area contributed by atoms with E-state index in [1.54, 1.807) is 18.2 Å². The molecule has 0 spiro atoms. The van der Waals surface area contributed by atoms with Gasteiger partial charge in [-0.05, 0) is 40.8 Å². The Bertz CT molecular complexity index is 846. The van der Waals surface area contributed by atoms with Crippen molar-refractivity contribution in [3.05, 3.63) is 77.6 Å². The van der Waals surface area contributed by atoms with Crippen LogP contribution in [-0.4, -0.2) is 11.1 Å². The predicted octanol–water partition coefficient (Wildman–Crippen LogP) is 4.80. The van der Waals surface area contributed by atoms with Gasteiger partial charge in [0.15, 0.2) is 5.82 Å². The molecular formula is C21H22N2O3. The molecule has 0 aliphatic carbocycles. The number of ether oxygens (including phenoxy) is 1. The van der Waals surface area contributed by atoms with E-state index in [0.29, 0.717) is 18.0 Å². The van der Waals surface area contributed by atoms with Crippen molar-refractivity contribution in [1.82, 2.24) is 5.16 Å². The largest absolute Gasteiger partial charge is 0.489 e. The first-order valence-corrected chi connectivity index (χ1v) is 8.46. The van der Waals surface area contributed by atoms with Gasteiger partial charge < -0.3 is 14.6 Å². The standard InChI is InChI=1S/C21H22N2O3/c1-21(2,3)17-8-10-18(11-9-17)25-14-15-4-6-16(7-5-15)20(24)22-19-12-13-26-23-19/h4-13H,14H2,1-3H3,(H,22,23,24). The first-order valence-electron chi connectivity index (χ1n) is 8.46. The molecule has 0 bridgehead atoms.